The Labute approximate surface area is 77.1 Å². The number of nitrogens with zero attached hydrogens (tertiary/aromatic N) is 1. The van der Waals surface area contributed by atoms with Crippen molar-refractivity contribution in [1.29, 1.82) is 0 Å². The smallest absolute Gasteiger partial charge is 0.246 e. The van der Waals surface area contributed by atoms with Crippen molar-refractivity contribution in [3.8, 4) is 0 Å². The molecule has 0 spiro atoms. The molecule has 5 heteroatoms. The van der Waals surface area contributed by atoms with Crippen molar-refractivity contribution in [3.63, 3.8) is 0 Å². The number of rotatable bonds is 1. The lowest BCUT2D eigenvalue weighted by atomic mass is 10.2. The van der Waals surface area contributed by atoms with E-state index in [0.717, 1.165) is 0 Å². The van der Waals surface area contributed by atoms with Gasteiger partial charge in [0.25, 0.3) is 0 Å². The Morgan fingerprint density at radius 1 is 1.54 bits per heavy atom. The van der Waals surface area contributed by atoms with E-state index in [1.54, 1.807) is 4.90 Å². The molecule has 2 aliphatic heterocycles. The van der Waals surface area contributed by atoms with Crippen LogP contribution in [0.2, 0.25) is 0 Å². The molecule has 0 saturated carbocycles. The van der Waals surface area contributed by atoms with Crippen LogP contribution < -0.4 is 0 Å². The molecule has 0 aromatic heterocycles. The van der Waals surface area contributed by atoms with Crippen molar-refractivity contribution in [2.24, 2.45) is 0 Å². The van der Waals surface area contributed by atoms with E-state index in [2.05, 4.69) is 6.58 Å². The number of fused-ring (bicyclic) bond motifs is 2. The predicted molar refractivity (Wildman–Crippen MR) is 47.9 cm³/mol. The van der Waals surface area contributed by atoms with Crippen molar-refractivity contribution in [3.05, 3.63) is 12.7 Å². The minimum atomic E-state index is -2.89. The lowest BCUT2D eigenvalue weighted by Gasteiger charge is -2.25. The van der Waals surface area contributed by atoms with Gasteiger partial charge in [-0.1, -0.05) is 6.58 Å². The summed E-state index contributed by atoms with van der Waals surface area (Å²) in [5, 5.41) is -0.318. The molecule has 2 heterocycles. The molecule has 0 N–H and O–H groups in total. The zero-order chi connectivity index (χ0) is 9.64. The molecule has 2 rings (SSSR count). The molecule has 0 aliphatic carbocycles. The first-order valence-electron chi connectivity index (χ1n) is 4.19. The van der Waals surface area contributed by atoms with Gasteiger partial charge in [0.2, 0.25) is 5.91 Å². The van der Waals surface area contributed by atoms with Crippen LogP contribution in [0.3, 0.4) is 0 Å². The van der Waals surface area contributed by atoms with Gasteiger partial charge in [0.05, 0.1) is 11.0 Å². The van der Waals surface area contributed by atoms with Crippen LogP contribution in [0, 0.1) is 0 Å². The van der Waals surface area contributed by atoms with Crippen LogP contribution in [0.1, 0.15) is 6.42 Å². The third-order valence-corrected chi connectivity index (χ3v) is 4.97. The third kappa shape index (κ3) is 1.18. The first-order chi connectivity index (χ1) is 6.04. The Bertz CT molecular complexity index is 360. The molecule has 72 valence electrons. The second kappa shape index (κ2) is 2.57. The van der Waals surface area contributed by atoms with Gasteiger partial charge >= 0.3 is 0 Å². The molecule has 2 unspecified atom stereocenters. The summed E-state index contributed by atoms with van der Waals surface area (Å²) < 4.78 is 22.6. The first kappa shape index (κ1) is 8.74. The Hall–Kier alpha value is -0.840. The Balaban J connectivity index is 2.20. The number of hydrogen-bond donors (Lipinski definition) is 0. The molecular formula is C8H11NO3S. The molecule has 2 fully saturated rings. The zero-order valence-corrected chi connectivity index (χ0v) is 7.96. The molecule has 0 aromatic carbocycles. The molecule has 13 heavy (non-hydrogen) atoms. The van der Waals surface area contributed by atoms with Crippen LogP contribution in [0.5, 0.6) is 0 Å². The van der Waals surface area contributed by atoms with Gasteiger partial charge < -0.3 is 4.90 Å². The lowest BCUT2D eigenvalue weighted by Crippen LogP contribution is -2.43. The number of hydrogen-bond acceptors (Lipinski definition) is 3. The highest BCUT2D eigenvalue weighted by molar-refractivity contribution is 7.92. The molecule has 2 bridgehead atoms. The highest BCUT2D eigenvalue weighted by atomic mass is 32.2. The number of carbonyl (C=O) groups excluding carboxylic acids is 1. The summed E-state index contributed by atoms with van der Waals surface area (Å²) in [5.74, 6) is -0.0144. The average molecular weight is 201 g/mol. The topological polar surface area (TPSA) is 54.5 Å². The molecular weight excluding hydrogens is 190 g/mol. The van der Waals surface area contributed by atoms with Crippen molar-refractivity contribution in [2.45, 2.75) is 17.7 Å². The maximum Gasteiger partial charge on any atom is 0.246 e. The van der Waals surface area contributed by atoms with E-state index in [-0.39, 0.29) is 23.0 Å². The van der Waals surface area contributed by atoms with Crippen LogP contribution in [-0.2, 0) is 14.6 Å². The summed E-state index contributed by atoms with van der Waals surface area (Å²) in [4.78, 5) is 12.8. The van der Waals surface area contributed by atoms with E-state index in [9.17, 15) is 13.2 Å². The summed E-state index contributed by atoms with van der Waals surface area (Å²) in [6, 6.07) is -0.0968. The average Bonchev–Trinajstić information content (AvgIpc) is 2.57. The minimum absolute atomic E-state index is 0.0968. The Morgan fingerprint density at radius 2 is 2.23 bits per heavy atom. The molecule has 4 nitrogen and oxygen atoms in total. The van der Waals surface area contributed by atoms with Crippen molar-refractivity contribution in [1.82, 2.24) is 4.90 Å². The normalized spacial score (nSPS) is 34.9. The summed E-state index contributed by atoms with van der Waals surface area (Å²) in [6.45, 7) is 3.74. The van der Waals surface area contributed by atoms with Gasteiger partial charge in [0.15, 0.2) is 9.84 Å². The van der Waals surface area contributed by atoms with Crippen LogP contribution in [0.15, 0.2) is 12.7 Å². The molecule has 2 atom stereocenters. The lowest BCUT2D eigenvalue weighted by molar-refractivity contribution is -0.126. The number of likely N-dealkylation sites (tertiary alicyclic amines) is 1. The van der Waals surface area contributed by atoms with Crippen molar-refractivity contribution < 1.29 is 13.2 Å². The van der Waals surface area contributed by atoms with Crippen LogP contribution in [0.25, 0.3) is 0 Å². The van der Waals surface area contributed by atoms with Crippen molar-refractivity contribution in [2.75, 3.05) is 12.3 Å². The molecule has 2 aliphatic rings. The highest BCUT2D eigenvalue weighted by Gasteiger charge is 2.49. The summed E-state index contributed by atoms with van der Waals surface area (Å²) in [6.07, 6.45) is 1.86. The van der Waals surface area contributed by atoms with Gasteiger partial charge in [-0.25, -0.2) is 8.42 Å². The van der Waals surface area contributed by atoms with Crippen LogP contribution in [-0.4, -0.2) is 42.8 Å². The SMILES string of the molecule is C=CC(=O)N1CC2CC1CS2(=O)=O. The second-order valence-corrected chi connectivity index (χ2v) is 5.86. The molecule has 2 saturated heterocycles. The second-order valence-electron chi connectivity index (χ2n) is 3.54. The van der Waals surface area contributed by atoms with Crippen molar-refractivity contribution >= 4 is 15.7 Å². The van der Waals surface area contributed by atoms with Gasteiger partial charge in [-0.15, -0.1) is 0 Å². The quantitative estimate of drug-likeness (QED) is 0.541. The van der Waals surface area contributed by atoms with Gasteiger partial charge in [-0.3, -0.25) is 4.79 Å². The summed E-state index contributed by atoms with van der Waals surface area (Å²) in [5.41, 5.74) is 0. The van der Waals surface area contributed by atoms with Gasteiger partial charge in [-0.2, -0.15) is 0 Å². The fourth-order valence-corrected chi connectivity index (χ4v) is 4.11. The van der Waals surface area contributed by atoms with E-state index in [1.165, 1.54) is 6.08 Å². The third-order valence-electron chi connectivity index (χ3n) is 2.77. The van der Waals surface area contributed by atoms with E-state index < -0.39 is 9.84 Å². The summed E-state index contributed by atoms with van der Waals surface area (Å²) in [7, 11) is -2.89. The summed E-state index contributed by atoms with van der Waals surface area (Å²) >= 11 is 0. The maximum absolute atomic E-state index is 11.3. The van der Waals surface area contributed by atoms with E-state index in [4.69, 9.17) is 0 Å². The number of carbonyl (C=O) groups is 1. The first-order valence-corrected chi connectivity index (χ1v) is 5.91. The maximum atomic E-state index is 11.3. The van der Waals surface area contributed by atoms with Gasteiger partial charge in [-0.05, 0) is 12.5 Å². The Morgan fingerprint density at radius 3 is 2.62 bits per heavy atom. The standard InChI is InChI=1S/C8H11NO3S/c1-2-8(10)9-4-7-3-6(9)5-13(7,11)12/h2,6-7H,1,3-5H2. The molecule has 1 amide bonds. The van der Waals surface area contributed by atoms with E-state index >= 15 is 0 Å². The largest absolute Gasteiger partial charge is 0.334 e. The Kier molecular flexibility index (Phi) is 1.73. The monoisotopic (exact) mass is 201 g/mol. The van der Waals surface area contributed by atoms with Crippen LogP contribution >= 0.6 is 0 Å². The fraction of sp³-hybridized carbons (Fsp3) is 0.625. The highest BCUT2D eigenvalue weighted by Crippen LogP contribution is 2.32. The minimum Gasteiger partial charge on any atom is -0.334 e. The fourth-order valence-electron chi connectivity index (χ4n) is 2.08. The van der Waals surface area contributed by atoms with E-state index in [0.29, 0.717) is 13.0 Å². The molecule has 0 radical (unpaired) electrons. The predicted octanol–water partition coefficient (Wildman–Crippen LogP) is -0.430. The van der Waals surface area contributed by atoms with E-state index in [1.807, 2.05) is 0 Å². The number of amides is 1. The van der Waals surface area contributed by atoms with Gasteiger partial charge in [0, 0.05) is 12.6 Å². The van der Waals surface area contributed by atoms with Crippen LogP contribution in [0.4, 0.5) is 0 Å². The molecule has 0 aromatic rings. The van der Waals surface area contributed by atoms with Gasteiger partial charge in [0.1, 0.15) is 0 Å². The number of sulfone groups is 1. The zero-order valence-electron chi connectivity index (χ0n) is 7.14.